The number of para-hydroxylation sites is 2. The Bertz CT molecular complexity index is 355. The van der Waals surface area contributed by atoms with E-state index < -0.39 is 0 Å². The second kappa shape index (κ2) is 3.07. The minimum Gasteiger partial charge on any atom is -0.369 e. The molecule has 0 amide bonds. The van der Waals surface area contributed by atoms with Crippen molar-refractivity contribution in [3.63, 3.8) is 0 Å². The highest BCUT2D eigenvalue weighted by molar-refractivity contribution is 8.00. The van der Waals surface area contributed by atoms with E-state index >= 15 is 0 Å². The number of hydrogen-bond donors (Lipinski definition) is 2. The van der Waals surface area contributed by atoms with Gasteiger partial charge in [-0.15, -0.1) is 11.8 Å². The van der Waals surface area contributed by atoms with Crippen LogP contribution in [0.3, 0.4) is 0 Å². The van der Waals surface area contributed by atoms with Gasteiger partial charge in [0.2, 0.25) is 0 Å². The number of nitrogens with one attached hydrogen (secondary N) is 2. The van der Waals surface area contributed by atoms with E-state index in [0.717, 1.165) is 5.88 Å². The molecule has 2 unspecified atom stereocenters. The number of nitrogens with zero attached hydrogens (tertiary/aromatic N) is 1. The van der Waals surface area contributed by atoms with Gasteiger partial charge in [-0.2, -0.15) is 0 Å². The van der Waals surface area contributed by atoms with Gasteiger partial charge in [0.05, 0.1) is 11.4 Å². The van der Waals surface area contributed by atoms with Crippen LogP contribution in [0.25, 0.3) is 0 Å². The van der Waals surface area contributed by atoms with Gasteiger partial charge in [0, 0.05) is 12.9 Å². The van der Waals surface area contributed by atoms with Crippen molar-refractivity contribution in [2.75, 3.05) is 23.1 Å². The average Bonchev–Trinajstić information content (AvgIpc) is 2.66. The molecule has 0 aromatic heterocycles. The molecule has 3 nitrogen and oxygen atoms in total. The van der Waals surface area contributed by atoms with Crippen LogP contribution in [-0.2, 0) is 0 Å². The summed E-state index contributed by atoms with van der Waals surface area (Å²) in [4.78, 5) is 2.32. The Morgan fingerprint density at radius 3 is 3.21 bits per heavy atom. The molecule has 2 N–H and O–H groups in total. The molecule has 2 atom stereocenters. The van der Waals surface area contributed by atoms with Crippen molar-refractivity contribution in [3.05, 3.63) is 24.3 Å². The Morgan fingerprint density at radius 2 is 2.29 bits per heavy atom. The Labute approximate surface area is 87.9 Å². The van der Waals surface area contributed by atoms with E-state index in [0.29, 0.717) is 11.5 Å². The Hall–Kier alpha value is -0.870. The first kappa shape index (κ1) is 8.44. The molecule has 0 saturated carbocycles. The average molecular weight is 207 g/mol. The van der Waals surface area contributed by atoms with Crippen LogP contribution >= 0.6 is 11.8 Å². The number of thioether (sulfide) groups is 1. The van der Waals surface area contributed by atoms with Crippen LogP contribution < -0.4 is 15.5 Å². The van der Waals surface area contributed by atoms with Crippen molar-refractivity contribution in [2.24, 2.45) is 0 Å². The van der Waals surface area contributed by atoms with Crippen molar-refractivity contribution < 1.29 is 0 Å². The van der Waals surface area contributed by atoms with Gasteiger partial charge >= 0.3 is 0 Å². The van der Waals surface area contributed by atoms with Gasteiger partial charge in [0.15, 0.2) is 0 Å². The molecule has 1 aromatic rings. The quantitative estimate of drug-likeness (QED) is 0.674. The van der Waals surface area contributed by atoms with Crippen LogP contribution in [0.5, 0.6) is 0 Å². The lowest BCUT2D eigenvalue weighted by Crippen LogP contribution is -2.50. The molecule has 14 heavy (non-hydrogen) atoms. The van der Waals surface area contributed by atoms with Crippen molar-refractivity contribution in [2.45, 2.75) is 11.5 Å². The van der Waals surface area contributed by atoms with Crippen molar-refractivity contribution in [1.29, 1.82) is 0 Å². The van der Waals surface area contributed by atoms with Crippen molar-refractivity contribution in [3.8, 4) is 0 Å². The highest BCUT2D eigenvalue weighted by Crippen LogP contribution is 2.37. The normalized spacial score (nSPS) is 29.4. The molecule has 0 bridgehead atoms. The highest BCUT2D eigenvalue weighted by atomic mass is 32.2. The number of likely N-dealkylation sites (N-methyl/N-ethyl adjacent to an activating group) is 1. The molecule has 1 fully saturated rings. The number of rotatable bonds is 0. The van der Waals surface area contributed by atoms with Crippen LogP contribution in [-0.4, -0.2) is 24.5 Å². The SMILES string of the molecule is CN1c2ccccc2NC2SCNC21. The van der Waals surface area contributed by atoms with Gasteiger partial charge in [-0.05, 0) is 12.1 Å². The van der Waals surface area contributed by atoms with E-state index in [1.807, 2.05) is 11.8 Å². The molecule has 1 aromatic carbocycles. The molecule has 2 aliphatic heterocycles. The summed E-state index contributed by atoms with van der Waals surface area (Å²) < 4.78 is 0. The number of hydrogen-bond acceptors (Lipinski definition) is 4. The first-order valence-corrected chi connectivity index (χ1v) is 5.84. The van der Waals surface area contributed by atoms with Crippen molar-refractivity contribution >= 4 is 23.1 Å². The summed E-state index contributed by atoms with van der Waals surface area (Å²) in [7, 11) is 2.15. The van der Waals surface area contributed by atoms with Crippen LogP contribution in [0.2, 0.25) is 0 Å². The van der Waals surface area contributed by atoms with E-state index in [9.17, 15) is 0 Å². The fraction of sp³-hybridized carbons (Fsp3) is 0.400. The van der Waals surface area contributed by atoms with E-state index in [4.69, 9.17) is 0 Å². The molecule has 2 aliphatic rings. The maximum Gasteiger partial charge on any atom is 0.110 e. The second-order valence-electron chi connectivity index (χ2n) is 3.65. The van der Waals surface area contributed by atoms with Gasteiger partial charge in [0.25, 0.3) is 0 Å². The smallest absolute Gasteiger partial charge is 0.110 e. The summed E-state index contributed by atoms with van der Waals surface area (Å²) in [6.45, 7) is 0. The van der Waals surface area contributed by atoms with Gasteiger partial charge < -0.3 is 10.2 Å². The summed E-state index contributed by atoms with van der Waals surface area (Å²) in [5.41, 5.74) is 2.52. The van der Waals surface area contributed by atoms with E-state index in [1.165, 1.54) is 11.4 Å². The molecule has 3 rings (SSSR count). The molecule has 2 heterocycles. The largest absolute Gasteiger partial charge is 0.369 e. The number of fused-ring (bicyclic) bond motifs is 2. The molecule has 4 heteroatoms. The van der Waals surface area contributed by atoms with Crippen molar-refractivity contribution in [1.82, 2.24) is 5.32 Å². The predicted octanol–water partition coefficient (Wildman–Crippen LogP) is 1.49. The summed E-state index contributed by atoms with van der Waals surface area (Å²) in [5, 5.41) is 7.51. The summed E-state index contributed by atoms with van der Waals surface area (Å²) in [6, 6.07) is 8.45. The van der Waals surface area contributed by atoms with Gasteiger partial charge in [0.1, 0.15) is 11.5 Å². The third kappa shape index (κ3) is 1.11. The van der Waals surface area contributed by atoms with E-state index in [-0.39, 0.29) is 0 Å². The monoisotopic (exact) mass is 207 g/mol. The predicted molar refractivity (Wildman–Crippen MR) is 61.6 cm³/mol. The zero-order chi connectivity index (χ0) is 9.54. The fourth-order valence-electron chi connectivity index (χ4n) is 2.09. The second-order valence-corrected chi connectivity index (χ2v) is 4.78. The lowest BCUT2D eigenvalue weighted by atomic mass is 10.2. The van der Waals surface area contributed by atoms with E-state index in [1.54, 1.807) is 0 Å². The van der Waals surface area contributed by atoms with Crippen LogP contribution in [0.1, 0.15) is 0 Å². The third-order valence-corrected chi connectivity index (χ3v) is 3.91. The number of benzene rings is 1. The molecule has 0 radical (unpaired) electrons. The number of anilines is 2. The standard InChI is InChI=1S/C10H13N3S/c1-13-8-5-3-2-4-7(8)12-10-9(13)11-6-14-10/h2-5,9-12H,6H2,1H3. The maximum absolute atomic E-state index is 3.55. The Kier molecular flexibility index (Phi) is 1.85. The molecule has 74 valence electrons. The zero-order valence-corrected chi connectivity index (χ0v) is 8.84. The van der Waals surface area contributed by atoms with E-state index in [2.05, 4.69) is 46.8 Å². The summed E-state index contributed by atoms with van der Waals surface area (Å²) in [5.74, 6) is 1.03. The van der Waals surface area contributed by atoms with Gasteiger partial charge in [-0.1, -0.05) is 12.1 Å². The van der Waals surface area contributed by atoms with Crippen LogP contribution in [0.15, 0.2) is 24.3 Å². The third-order valence-electron chi connectivity index (χ3n) is 2.84. The lowest BCUT2D eigenvalue weighted by Gasteiger charge is -2.38. The zero-order valence-electron chi connectivity index (χ0n) is 8.03. The Balaban J connectivity index is 2.04. The molecule has 1 saturated heterocycles. The lowest BCUT2D eigenvalue weighted by molar-refractivity contribution is 0.560. The Morgan fingerprint density at radius 1 is 1.43 bits per heavy atom. The van der Waals surface area contributed by atoms with Gasteiger partial charge in [-0.3, -0.25) is 5.32 Å². The maximum atomic E-state index is 3.55. The molecular weight excluding hydrogens is 194 g/mol. The van der Waals surface area contributed by atoms with Crippen LogP contribution in [0, 0.1) is 0 Å². The fourth-order valence-corrected chi connectivity index (χ4v) is 3.21. The minimum absolute atomic E-state index is 0.426. The minimum atomic E-state index is 0.426. The topological polar surface area (TPSA) is 27.3 Å². The summed E-state index contributed by atoms with van der Waals surface area (Å²) >= 11 is 1.93. The van der Waals surface area contributed by atoms with Crippen LogP contribution in [0.4, 0.5) is 11.4 Å². The molecular formula is C10H13N3S. The molecule has 0 spiro atoms. The summed E-state index contributed by atoms with van der Waals surface area (Å²) in [6.07, 6.45) is 0.426. The van der Waals surface area contributed by atoms with Gasteiger partial charge in [-0.25, -0.2) is 0 Å². The first-order valence-electron chi connectivity index (χ1n) is 4.79. The first-order chi connectivity index (χ1) is 6.86. The molecule has 0 aliphatic carbocycles. The highest BCUT2D eigenvalue weighted by Gasteiger charge is 2.35.